The van der Waals surface area contributed by atoms with Gasteiger partial charge in [0.05, 0.1) is 11.2 Å². The van der Waals surface area contributed by atoms with Gasteiger partial charge in [0.1, 0.15) is 12.5 Å². The SMILES string of the molecule is O=C(OCc1ccccc1)C1CCc2scnc21. The van der Waals surface area contributed by atoms with Crippen molar-refractivity contribution in [1.29, 1.82) is 0 Å². The van der Waals surface area contributed by atoms with Gasteiger partial charge in [-0.1, -0.05) is 30.3 Å². The fraction of sp³-hybridized carbons (Fsp3) is 0.286. The van der Waals surface area contributed by atoms with E-state index in [-0.39, 0.29) is 11.9 Å². The minimum Gasteiger partial charge on any atom is -0.460 e. The lowest BCUT2D eigenvalue weighted by Gasteiger charge is -2.09. The molecule has 1 aromatic carbocycles. The molecule has 1 unspecified atom stereocenters. The highest BCUT2D eigenvalue weighted by Crippen LogP contribution is 2.35. The van der Waals surface area contributed by atoms with Crippen LogP contribution in [0.3, 0.4) is 0 Å². The van der Waals surface area contributed by atoms with Crippen molar-refractivity contribution in [3.63, 3.8) is 0 Å². The molecule has 0 bridgehead atoms. The number of fused-ring (bicyclic) bond motifs is 1. The van der Waals surface area contributed by atoms with Gasteiger partial charge < -0.3 is 4.74 Å². The summed E-state index contributed by atoms with van der Waals surface area (Å²) >= 11 is 1.63. The van der Waals surface area contributed by atoms with Gasteiger partial charge in [0.25, 0.3) is 0 Å². The highest BCUT2D eigenvalue weighted by molar-refractivity contribution is 7.09. The predicted octanol–water partition coefficient (Wildman–Crippen LogP) is 2.92. The van der Waals surface area contributed by atoms with Gasteiger partial charge in [0.15, 0.2) is 0 Å². The highest BCUT2D eigenvalue weighted by Gasteiger charge is 2.32. The van der Waals surface area contributed by atoms with E-state index < -0.39 is 0 Å². The van der Waals surface area contributed by atoms with Crippen LogP contribution in [0.5, 0.6) is 0 Å². The van der Waals surface area contributed by atoms with Crippen LogP contribution in [-0.2, 0) is 22.6 Å². The number of carbonyl (C=O) groups excluding carboxylic acids is 1. The second kappa shape index (κ2) is 4.90. The summed E-state index contributed by atoms with van der Waals surface area (Å²) in [4.78, 5) is 17.5. The molecule has 0 fully saturated rings. The minimum absolute atomic E-state index is 0.150. The zero-order valence-corrected chi connectivity index (χ0v) is 10.7. The third kappa shape index (κ3) is 2.16. The van der Waals surface area contributed by atoms with Gasteiger partial charge >= 0.3 is 5.97 Å². The van der Waals surface area contributed by atoms with Crippen LogP contribution in [0.2, 0.25) is 0 Å². The monoisotopic (exact) mass is 259 g/mol. The Hall–Kier alpha value is -1.68. The Balaban J connectivity index is 1.63. The quantitative estimate of drug-likeness (QED) is 0.796. The fourth-order valence-electron chi connectivity index (χ4n) is 2.22. The number of hydrogen-bond acceptors (Lipinski definition) is 4. The zero-order valence-electron chi connectivity index (χ0n) is 9.83. The molecule has 1 aliphatic carbocycles. The maximum atomic E-state index is 12.0. The fourth-order valence-corrected chi connectivity index (χ4v) is 3.07. The summed E-state index contributed by atoms with van der Waals surface area (Å²) in [6.07, 6.45) is 1.79. The van der Waals surface area contributed by atoms with Crippen LogP contribution in [0.25, 0.3) is 0 Å². The van der Waals surface area contributed by atoms with Crippen LogP contribution in [-0.4, -0.2) is 11.0 Å². The number of carbonyl (C=O) groups is 1. The first-order valence-corrected chi connectivity index (χ1v) is 6.85. The van der Waals surface area contributed by atoms with E-state index in [0.29, 0.717) is 6.61 Å². The molecule has 0 saturated carbocycles. The summed E-state index contributed by atoms with van der Waals surface area (Å²) in [5.41, 5.74) is 3.75. The van der Waals surface area contributed by atoms with Crippen LogP contribution in [0.1, 0.15) is 28.5 Å². The Morgan fingerprint density at radius 3 is 3.06 bits per heavy atom. The van der Waals surface area contributed by atoms with E-state index in [0.717, 1.165) is 24.1 Å². The van der Waals surface area contributed by atoms with Gasteiger partial charge in [0, 0.05) is 4.88 Å². The summed E-state index contributed by atoms with van der Waals surface area (Å²) < 4.78 is 5.36. The largest absolute Gasteiger partial charge is 0.460 e. The number of ether oxygens (including phenoxy) is 1. The molecular weight excluding hydrogens is 246 g/mol. The van der Waals surface area contributed by atoms with E-state index in [9.17, 15) is 4.79 Å². The maximum Gasteiger partial charge on any atom is 0.315 e. The Morgan fingerprint density at radius 1 is 1.39 bits per heavy atom. The molecule has 0 radical (unpaired) electrons. The molecule has 4 heteroatoms. The Labute approximate surface area is 109 Å². The molecule has 3 rings (SSSR count). The topological polar surface area (TPSA) is 39.2 Å². The predicted molar refractivity (Wildman–Crippen MR) is 69.4 cm³/mol. The van der Waals surface area contributed by atoms with E-state index in [1.54, 1.807) is 16.8 Å². The van der Waals surface area contributed by atoms with E-state index >= 15 is 0 Å². The van der Waals surface area contributed by atoms with Gasteiger partial charge in [0.2, 0.25) is 0 Å². The van der Waals surface area contributed by atoms with Crippen LogP contribution < -0.4 is 0 Å². The Kier molecular flexibility index (Phi) is 3.11. The first-order chi connectivity index (χ1) is 8.84. The van der Waals surface area contributed by atoms with Crippen molar-refractivity contribution in [3.05, 3.63) is 52.0 Å². The van der Waals surface area contributed by atoms with Crippen molar-refractivity contribution in [3.8, 4) is 0 Å². The molecule has 1 aliphatic rings. The van der Waals surface area contributed by atoms with Crippen LogP contribution >= 0.6 is 11.3 Å². The molecule has 0 aliphatic heterocycles. The zero-order chi connectivity index (χ0) is 12.4. The molecule has 2 aromatic rings. The van der Waals surface area contributed by atoms with Crippen LogP contribution in [0.15, 0.2) is 35.8 Å². The number of aromatic nitrogens is 1. The van der Waals surface area contributed by atoms with Crippen LogP contribution in [0, 0.1) is 0 Å². The first-order valence-electron chi connectivity index (χ1n) is 5.97. The second-order valence-corrected chi connectivity index (χ2v) is 5.28. The minimum atomic E-state index is -0.157. The lowest BCUT2D eigenvalue weighted by Crippen LogP contribution is -2.14. The number of hydrogen-bond donors (Lipinski definition) is 0. The summed E-state index contributed by atoms with van der Waals surface area (Å²) in [5, 5.41) is 0. The summed E-state index contributed by atoms with van der Waals surface area (Å²) in [7, 11) is 0. The Bertz CT molecular complexity index is 550. The van der Waals surface area contributed by atoms with Gasteiger partial charge in [-0.3, -0.25) is 4.79 Å². The molecule has 92 valence electrons. The highest BCUT2D eigenvalue weighted by atomic mass is 32.1. The average Bonchev–Trinajstić information content (AvgIpc) is 2.99. The third-order valence-electron chi connectivity index (χ3n) is 3.17. The first kappa shape index (κ1) is 11.4. The molecule has 1 aromatic heterocycles. The van der Waals surface area contributed by atoms with Gasteiger partial charge in [-0.15, -0.1) is 11.3 Å². The van der Waals surface area contributed by atoms with E-state index in [1.807, 2.05) is 30.3 Å². The number of thiazole rings is 1. The van der Waals surface area contributed by atoms with Crippen molar-refractivity contribution in [2.24, 2.45) is 0 Å². The molecule has 0 spiro atoms. The molecular formula is C14H13NO2S. The third-order valence-corrected chi connectivity index (χ3v) is 4.08. The van der Waals surface area contributed by atoms with E-state index in [2.05, 4.69) is 4.98 Å². The molecule has 1 heterocycles. The van der Waals surface area contributed by atoms with Gasteiger partial charge in [-0.05, 0) is 18.4 Å². The summed E-state index contributed by atoms with van der Waals surface area (Å²) in [6, 6.07) is 9.74. The lowest BCUT2D eigenvalue weighted by molar-refractivity contribution is -0.146. The molecule has 3 nitrogen and oxygen atoms in total. The van der Waals surface area contributed by atoms with Crippen molar-refractivity contribution in [2.45, 2.75) is 25.4 Å². The smallest absolute Gasteiger partial charge is 0.315 e. The molecule has 0 N–H and O–H groups in total. The van der Waals surface area contributed by atoms with Gasteiger partial charge in [-0.25, -0.2) is 4.98 Å². The number of aryl methyl sites for hydroxylation is 1. The van der Waals surface area contributed by atoms with Crippen LogP contribution in [0.4, 0.5) is 0 Å². The lowest BCUT2D eigenvalue weighted by atomic mass is 10.1. The van der Waals surface area contributed by atoms with E-state index in [1.165, 1.54) is 4.88 Å². The molecule has 0 saturated heterocycles. The van der Waals surface area contributed by atoms with E-state index in [4.69, 9.17) is 4.74 Å². The summed E-state index contributed by atoms with van der Waals surface area (Å²) in [5.74, 6) is -0.307. The standard InChI is InChI=1S/C14H13NO2S/c16-14(17-8-10-4-2-1-3-5-10)11-6-7-12-13(11)15-9-18-12/h1-5,9,11H,6-8H2. The van der Waals surface area contributed by atoms with Gasteiger partial charge in [-0.2, -0.15) is 0 Å². The maximum absolute atomic E-state index is 12.0. The van der Waals surface area contributed by atoms with Crippen molar-refractivity contribution in [1.82, 2.24) is 4.98 Å². The molecule has 18 heavy (non-hydrogen) atoms. The number of rotatable bonds is 3. The summed E-state index contributed by atoms with van der Waals surface area (Å²) in [6.45, 7) is 0.343. The molecule has 0 amide bonds. The average molecular weight is 259 g/mol. The van der Waals surface area contributed by atoms with Crippen molar-refractivity contribution >= 4 is 17.3 Å². The molecule has 1 atom stereocenters. The number of benzene rings is 1. The van der Waals surface area contributed by atoms with Crippen molar-refractivity contribution < 1.29 is 9.53 Å². The number of esters is 1. The van der Waals surface area contributed by atoms with Crippen molar-refractivity contribution in [2.75, 3.05) is 0 Å². The Morgan fingerprint density at radius 2 is 2.22 bits per heavy atom. The number of nitrogens with zero attached hydrogens (tertiary/aromatic N) is 1. The second-order valence-electron chi connectivity index (χ2n) is 4.35. The normalized spacial score (nSPS) is 17.4.